The molecule has 1 heterocycles. The van der Waals surface area contributed by atoms with E-state index in [1.165, 1.54) is 11.5 Å². The fraction of sp³-hybridized carbons (Fsp3) is 0.917. The van der Waals surface area contributed by atoms with Crippen LogP contribution in [0, 0.1) is 5.41 Å². The lowest BCUT2D eigenvalue weighted by molar-refractivity contribution is -0.130. The molecule has 3 nitrogen and oxygen atoms in total. The Kier molecular flexibility index (Phi) is 4.66. The van der Waals surface area contributed by atoms with Crippen molar-refractivity contribution in [3.8, 4) is 0 Å². The molecule has 0 bridgehead atoms. The third-order valence-corrected chi connectivity index (χ3v) is 6.77. The Hall–Kier alpha value is 0.130. The Morgan fingerprint density at radius 3 is 2.94 bits per heavy atom. The van der Waals surface area contributed by atoms with Crippen LogP contribution in [0.25, 0.3) is 0 Å². The highest BCUT2D eigenvalue weighted by Gasteiger charge is 2.42. The predicted molar refractivity (Wildman–Crippen MR) is 76.5 cm³/mol. The highest BCUT2D eigenvalue weighted by Crippen LogP contribution is 2.36. The van der Waals surface area contributed by atoms with Gasteiger partial charge in [0.15, 0.2) is 0 Å². The Morgan fingerprint density at radius 1 is 1.53 bits per heavy atom. The molecule has 2 rings (SSSR count). The van der Waals surface area contributed by atoms with Gasteiger partial charge in [0.05, 0.1) is 5.41 Å². The van der Waals surface area contributed by atoms with Gasteiger partial charge in [0.1, 0.15) is 0 Å². The lowest BCUT2D eigenvalue weighted by Crippen LogP contribution is -2.49. The SMILES string of the molecule is CC1(C(=O)NCC2CSCCS2)CCCC1N. The highest BCUT2D eigenvalue weighted by molar-refractivity contribution is 8.06. The largest absolute Gasteiger partial charge is 0.354 e. The van der Waals surface area contributed by atoms with E-state index in [2.05, 4.69) is 5.32 Å². The van der Waals surface area contributed by atoms with E-state index in [1.807, 2.05) is 30.4 Å². The first kappa shape index (κ1) is 13.6. The molecule has 3 atom stereocenters. The lowest BCUT2D eigenvalue weighted by Gasteiger charge is -2.29. The van der Waals surface area contributed by atoms with Crippen molar-refractivity contribution in [1.29, 1.82) is 0 Å². The van der Waals surface area contributed by atoms with E-state index in [9.17, 15) is 4.79 Å². The first-order valence-corrected chi connectivity index (χ1v) is 8.56. The number of nitrogens with one attached hydrogen (secondary N) is 1. The van der Waals surface area contributed by atoms with Crippen molar-refractivity contribution in [3.63, 3.8) is 0 Å². The smallest absolute Gasteiger partial charge is 0.227 e. The van der Waals surface area contributed by atoms with E-state index in [0.717, 1.165) is 31.6 Å². The van der Waals surface area contributed by atoms with Gasteiger partial charge in [0, 0.05) is 35.1 Å². The first-order chi connectivity index (χ1) is 8.13. The number of thioether (sulfide) groups is 2. The number of carbonyl (C=O) groups excluding carboxylic acids is 1. The van der Waals surface area contributed by atoms with E-state index in [4.69, 9.17) is 5.73 Å². The Morgan fingerprint density at radius 2 is 2.35 bits per heavy atom. The molecule has 1 aliphatic heterocycles. The van der Waals surface area contributed by atoms with Crippen LogP contribution in [-0.2, 0) is 4.79 Å². The normalized spacial score (nSPS) is 38.0. The minimum atomic E-state index is -0.327. The molecular weight excluding hydrogens is 252 g/mol. The molecule has 1 aliphatic carbocycles. The highest BCUT2D eigenvalue weighted by atomic mass is 32.2. The summed E-state index contributed by atoms with van der Waals surface area (Å²) in [6, 6.07) is 0.0379. The molecule has 98 valence electrons. The van der Waals surface area contributed by atoms with Gasteiger partial charge < -0.3 is 11.1 Å². The van der Waals surface area contributed by atoms with Crippen molar-refractivity contribution >= 4 is 29.4 Å². The molecular formula is C12H22N2OS2. The summed E-state index contributed by atoms with van der Waals surface area (Å²) < 4.78 is 0. The Balaban J connectivity index is 1.80. The molecule has 2 fully saturated rings. The van der Waals surface area contributed by atoms with Crippen LogP contribution in [0.4, 0.5) is 0 Å². The molecule has 17 heavy (non-hydrogen) atoms. The molecule has 1 saturated heterocycles. The summed E-state index contributed by atoms with van der Waals surface area (Å²) in [5.41, 5.74) is 5.73. The number of amides is 1. The first-order valence-electron chi connectivity index (χ1n) is 6.36. The monoisotopic (exact) mass is 274 g/mol. The van der Waals surface area contributed by atoms with Crippen molar-refractivity contribution < 1.29 is 4.79 Å². The molecule has 5 heteroatoms. The summed E-state index contributed by atoms with van der Waals surface area (Å²) in [5, 5.41) is 3.69. The van der Waals surface area contributed by atoms with Gasteiger partial charge in [-0.05, 0) is 19.8 Å². The molecule has 0 aromatic carbocycles. The second kappa shape index (κ2) is 5.85. The maximum atomic E-state index is 12.2. The van der Waals surface area contributed by atoms with Crippen molar-refractivity contribution in [3.05, 3.63) is 0 Å². The number of nitrogens with two attached hydrogens (primary N) is 1. The summed E-state index contributed by atoms with van der Waals surface area (Å²) in [7, 11) is 0. The molecule has 0 spiro atoms. The van der Waals surface area contributed by atoms with Crippen LogP contribution in [0.5, 0.6) is 0 Å². The van der Waals surface area contributed by atoms with Crippen LogP contribution < -0.4 is 11.1 Å². The number of carbonyl (C=O) groups is 1. The molecule has 1 amide bonds. The Bertz CT molecular complexity index is 282. The van der Waals surface area contributed by atoms with Crippen LogP contribution >= 0.6 is 23.5 Å². The summed E-state index contributed by atoms with van der Waals surface area (Å²) in [6.07, 6.45) is 3.00. The van der Waals surface area contributed by atoms with Gasteiger partial charge in [-0.2, -0.15) is 23.5 Å². The topological polar surface area (TPSA) is 55.1 Å². The van der Waals surface area contributed by atoms with Gasteiger partial charge >= 0.3 is 0 Å². The van der Waals surface area contributed by atoms with E-state index < -0.39 is 0 Å². The van der Waals surface area contributed by atoms with Crippen LogP contribution in [0.15, 0.2) is 0 Å². The molecule has 1 saturated carbocycles. The van der Waals surface area contributed by atoms with Gasteiger partial charge in [-0.15, -0.1) is 0 Å². The molecule has 0 aromatic rings. The van der Waals surface area contributed by atoms with Gasteiger partial charge in [-0.3, -0.25) is 4.79 Å². The second-order valence-corrected chi connectivity index (χ2v) is 7.75. The zero-order chi connectivity index (χ0) is 12.3. The number of hydrogen-bond acceptors (Lipinski definition) is 4. The molecule has 3 N–H and O–H groups in total. The maximum absolute atomic E-state index is 12.2. The zero-order valence-electron chi connectivity index (χ0n) is 10.4. The Labute approximate surface area is 112 Å². The third kappa shape index (κ3) is 3.12. The van der Waals surface area contributed by atoms with Crippen molar-refractivity contribution in [1.82, 2.24) is 5.32 Å². The minimum absolute atomic E-state index is 0.0379. The predicted octanol–water partition coefficient (Wildman–Crippen LogP) is 1.47. The second-order valence-electron chi connectivity index (χ2n) is 5.19. The average Bonchev–Trinajstić information content (AvgIpc) is 2.69. The van der Waals surface area contributed by atoms with Gasteiger partial charge in [0.25, 0.3) is 0 Å². The van der Waals surface area contributed by atoms with Crippen LogP contribution in [0.1, 0.15) is 26.2 Å². The van der Waals surface area contributed by atoms with Gasteiger partial charge in [-0.1, -0.05) is 6.42 Å². The maximum Gasteiger partial charge on any atom is 0.227 e. The zero-order valence-corrected chi connectivity index (χ0v) is 12.0. The lowest BCUT2D eigenvalue weighted by atomic mass is 9.84. The summed E-state index contributed by atoms with van der Waals surface area (Å²) >= 11 is 3.97. The van der Waals surface area contributed by atoms with Crippen LogP contribution in [-0.4, -0.2) is 41.0 Å². The van der Waals surface area contributed by atoms with E-state index >= 15 is 0 Å². The van der Waals surface area contributed by atoms with Gasteiger partial charge in [-0.25, -0.2) is 0 Å². The fourth-order valence-electron chi connectivity index (χ4n) is 2.54. The van der Waals surface area contributed by atoms with E-state index in [-0.39, 0.29) is 17.4 Å². The summed E-state index contributed by atoms with van der Waals surface area (Å²) in [5.74, 6) is 3.78. The minimum Gasteiger partial charge on any atom is -0.354 e. The van der Waals surface area contributed by atoms with E-state index in [1.54, 1.807) is 0 Å². The van der Waals surface area contributed by atoms with Crippen LogP contribution in [0.3, 0.4) is 0 Å². The molecule has 0 radical (unpaired) electrons. The van der Waals surface area contributed by atoms with E-state index in [0.29, 0.717) is 5.25 Å². The fourth-order valence-corrected chi connectivity index (χ4v) is 5.15. The van der Waals surface area contributed by atoms with Crippen molar-refractivity contribution in [2.75, 3.05) is 23.8 Å². The quantitative estimate of drug-likeness (QED) is 0.818. The van der Waals surface area contributed by atoms with Crippen LogP contribution in [0.2, 0.25) is 0 Å². The number of rotatable bonds is 3. The molecule has 3 unspecified atom stereocenters. The summed E-state index contributed by atoms with van der Waals surface area (Å²) in [6.45, 7) is 2.82. The third-order valence-electron chi connectivity index (χ3n) is 3.92. The number of hydrogen-bond donors (Lipinski definition) is 2. The van der Waals surface area contributed by atoms with Crippen molar-refractivity contribution in [2.45, 2.75) is 37.5 Å². The summed E-state index contributed by atoms with van der Waals surface area (Å²) in [4.78, 5) is 12.2. The standard InChI is InChI=1S/C12H22N2OS2/c1-12(4-2-3-10(12)13)11(15)14-7-9-8-16-5-6-17-9/h9-10H,2-8,13H2,1H3,(H,14,15). The average molecular weight is 274 g/mol. The van der Waals surface area contributed by atoms with Gasteiger partial charge in [0.2, 0.25) is 5.91 Å². The molecule has 0 aromatic heterocycles. The van der Waals surface area contributed by atoms with Crippen molar-refractivity contribution in [2.24, 2.45) is 11.1 Å². The molecule has 2 aliphatic rings.